The Morgan fingerprint density at radius 3 is 2.70 bits per heavy atom. The fourth-order valence-electron chi connectivity index (χ4n) is 2.37. The fourth-order valence-corrected chi connectivity index (χ4v) is 2.37. The SMILES string of the molecule is O=C(NCc1ccc(Oc2cccnc2)c(F)c1)c1ccccc1[N+](=O)[O-]. The Morgan fingerprint density at radius 1 is 1.19 bits per heavy atom. The fraction of sp³-hybridized carbons (Fsp3) is 0.0526. The van der Waals surface area contributed by atoms with Crippen molar-refractivity contribution in [2.24, 2.45) is 0 Å². The highest BCUT2D eigenvalue weighted by Crippen LogP contribution is 2.24. The van der Waals surface area contributed by atoms with Crippen LogP contribution in [-0.4, -0.2) is 15.8 Å². The van der Waals surface area contributed by atoms with Gasteiger partial charge in [0, 0.05) is 18.8 Å². The van der Waals surface area contributed by atoms with Gasteiger partial charge < -0.3 is 10.1 Å². The van der Waals surface area contributed by atoms with E-state index in [4.69, 9.17) is 4.74 Å². The zero-order valence-electron chi connectivity index (χ0n) is 14.0. The Kier molecular flexibility index (Phi) is 5.36. The summed E-state index contributed by atoms with van der Waals surface area (Å²) in [6, 6.07) is 13.2. The number of ether oxygens (including phenoxy) is 1. The predicted octanol–water partition coefficient (Wildman–Crippen LogP) is 3.85. The number of nitro benzene ring substituents is 1. The molecule has 0 unspecified atom stereocenters. The van der Waals surface area contributed by atoms with Crippen LogP contribution >= 0.6 is 0 Å². The van der Waals surface area contributed by atoms with Gasteiger partial charge >= 0.3 is 0 Å². The number of carbonyl (C=O) groups excluding carboxylic acids is 1. The van der Waals surface area contributed by atoms with E-state index in [0.717, 1.165) is 0 Å². The number of hydrogen-bond acceptors (Lipinski definition) is 5. The highest BCUT2D eigenvalue weighted by molar-refractivity contribution is 5.98. The summed E-state index contributed by atoms with van der Waals surface area (Å²) in [6.07, 6.45) is 3.03. The van der Waals surface area contributed by atoms with Crippen LogP contribution in [0.3, 0.4) is 0 Å². The third-order valence-electron chi connectivity index (χ3n) is 3.66. The number of carbonyl (C=O) groups is 1. The Hall–Kier alpha value is -3.81. The van der Waals surface area contributed by atoms with Crippen molar-refractivity contribution in [1.82, 2.24) is 10.3 Å². The molecule has 0 aliphatic heterocycles. The summed E-state index contributed by atoms with van der Waals surface area (Å²) >= 11 is 0. The van der Waals surface area contributed by atoms with Crippen molar-refractivity contribution >= 4 is 11.6 Å². The molecule has 7 nitrogen and oxygen atoms in total. The summed E-state index contributed by atoms with van der Waals surface area (Å²) < 4.78 is 19.6. The first-order valence-electron chi connectivity index (χ1n) is 7.92. The minimum Gasteiger partial charge on any atom is -0.453 e. The number of rotatable bonds is 6. The lowest BCUT2D eigenvalue weighted by atomic mass is 10.1. The maximum Gasteiger partial charge on any atom is 0.282 e. The Balaban J connectivity index is 1.67. The zero-order chi connectivity index (χ0) is 19.2. The van der Waals surface area contributed by atoms with Crippen molar-refractivity contribution in [3.8, 4) is 11.5 Å². The molecule has 0 spiro atoms. The molecule has 0 aliphatic carbocycles. The summed E-state index contributed by atoms with van der Waals surface area (Å²) in [5.41, 5.74) is 0.138. The number of halogens is 1. The Morgan fingerprint density at radius 2 is 2.00 bits per heavy atom. The molecule has 8 heteroatoms. The third-order valence-corrected chi connectivity index (χ3v) is 3.66. The van der Waals surface area contributed by atoms with Crippen molar-refractivity contribution in [1.29, 1.82) is 0 Å². The van der Waals surface area contributed by atoms with Gasteiger partial charge in [-0.1, -0.05) is 18.2 Å². The van der Waals surface area contributed by atoms with Crippen molar-refractivity contribution in [3.05, 3.63) is 94.0 Å². The van der Waals surface area contributed by atoms with Crippen LogP contribution in [0.4, 0.5) is 10.1 Å². The van der Waals surface area contributed by atoms with Gasteiger partial charge in [0.25, 0.3) is 11.6 Å². The second-order valence-corrected chi connectivity index (χ2v) is 5.51. The summed E-state index contributed by atoms with van der Waals surface area (Å²) in [5.74, 6) is -0.791. The van der Waals surface area contributed by atoms with Crippen LogP contribution in [-0.2, 0) is 6.54 Å². The second-order valence-electron chi connectivity index (χ2n) is 5.51. The maximum absolute atomic E-state index is 14.2. The van der Waals surface area contributed by atoms with Crippen LogP contribution in [0.25, 0.3) is 0 Å². The number of nitrogens with one attached hydrogen (secondary N) is 1. The summed E-state index contributed by atoms with van der Waals surface area (Å²) in [6.45, 7) is 0.00890. The van der Waals surface area contributed by atoms with E-state index >= 15 is 0 Å². The molecule has 27 heavy (non-hydrogen) atoms. The van der Waals surface area contributed by atoms with Crippen molar-refractivity contribution in [2.45, 2.75) is 6.54 Å². The molecule has 1 aromatic heterocycles. The van der Waals surface area contributed by atoms with E-state index < -0.39 is 16.6 Å². The summed E-state index contributed by atoms with van der Waals surface area (Å²) in [5, 5.41) is 13.5. The first kappa shape index (κ1) is 18.0. The van der Waals surface area contributed by atoms with E-state index in [2.05, 4.69) is 10.3 Å². The van der Waals surface area contributed by atoms with Crippen molar-refractivity contribution < 1.29 is 18.8 Å². The molecule has 1 amide bonds. The van der Waals surface area contributed by atoms with E-state index in [1.54, 1.807) is 24.4 Å². The van der Waals surface area contributed by atoms with Gasteiger partial charge in [0.1, 0.15) is 11.3 Å². The molecule has 3 aromatic rings. The third kappa shape index (κ3) is 4.43. The predicted molar refractivity (Wildman–Crippen MR) is 95.0 cm³/mol. The van der Waals surface area contributed by atoms with Gasteiger partial charge in [0.05, 0.1) is 11.1 Å². The normalized spacial score (nSPS) is 10.3. The lowest BCUT2D eigenvalue weighted by Crippen LogP contribution is -2.23. The molecule has 136 valence electrons. The van der Waals surface area contributed by atoms with Gasteiger partial charge in [-0.15, -0.1) is 0 Å². The highest BCUT2D eigenvalue weighted by atomic mass is 19.1. The van der Waals surface area contributed by atoms with Gasteiger partial charge in [0.15, 0.2) is 11.6 Å². The van der Waals surface area contributed by atoms with Crippen molar-refractivity contribution in [3.63, 3.8) is 0 Å². The van der Waals surface area contributed by atoms with E-state index in [0.29, 0.717) is 11.3 Å². The van der Waals surface area contributed by atoms with E-state index in [-0.39, 0.29) is 23.5 Å². The van der Waals surface area contributed by atoms with Crippen LogP contribution in [0.5, 0.6) is 11.5 Å². The molecule has 1 heterocycles. The standard InChI is InChI=1S/C19H14FN3O4/c20-16-10-13(7-8-18(16)27-14-4-3-9-21-12-14)11-22-19(24)15-5-1-2-6-17(15)23(25)26/h1-10,12H,11H2,(H,22,24). The second kappa shape index (κ2) is 8.05. The molecular weight excluding hydrogens is 353 g/mol. The lowest BCUT2D eigenvalue weighted by molar-refractivity contribution is -0.385. The van der Waals surface area contributed by atoms with Crippen molar-refractivity contribution in [2.75, 3.05) is 0 Å². The molecule has 2 aromatic carbocycles. The minimum atomic E-state index is -0.626. The number of nitrogens with zero attached hydrogens (tertiary/aromatic N) is 2. The first-order valence-corrected chi connectivity index (χ1v) is 7.92. The Labute approximate surface area is 153 Å². The maximum atomic E-state index is 14.2. The number of amides is 1. The minimum absolute atomic E-state index is 0.00890. The van der Waals surface area contributed by atoms with Crippen LogP contribution < -0.4 is 10.1 Å². The molecule has 0 saturated carbocycles. The topological polar surface area (TPSA) is 94.4 Å². The average molecular weight is 367 g/mol. The number of nitro groups is 1. The monoisotopic (exact) mass is 367 g/mol. The summed E-state index contributed by atoms with van der Waals surface area (Å²) in [4.78, 5) is 26.4. The molecular formula is C19H14FN3O4. The molecule has 3 rings (SSSR count). The average Bonchev–Trinajstić information content (AvgIpc) is 2.68. The smallest absolute Gasteiger partial charge is 0.282 e. The van der Waals surface area contributed by atoms with Crippen LogP contribution in [0.2, 0.25) is 0 Å². The summed E-state index contributed by atoms with van der Waals surface area (Å²) in [7, 11) is 0. The van der Waals surface area contributed by atoms with Gasteiger partial charge in [-0.25, -0.2) is 4.39 Å². The van der Waals surface area contributed by atoms with Crippen LogP contribution in [0.1, 0.15) is 15.9 Å². The van der Waals surface area contributed by atoms with Gasteiger partial charge in [-0.2, -0.15) is 0 Å². The van der Waals surface area contributed by atoms with E-state index in [9.17, 15) is 19.3 Å². The number of benzene rings is 2. The molecule has 0 fully saturated rings. The molecule has 0 aliphatic rings. The quantitative estimate of drug-likeness (QED) is 0.527. The molecule has 0 bridgehead atoms. The van der Waals surface area contributed by atoms with Crippen LogP contribution in [0.15, 0.2) is 67.0 Å². The van der Waals surface area contributed by atoms with E-state index in [1.165, 1.54) is 42.6 Å². The van der Waals surface area contributed by atoms with Gasteiger partial charge in [-0.3, -0.25) is 19.9 Å². The highest BCUT2D eigenvalue weighted by Gasteiger charge is 2.18. The first-order chi connectivity index (χ1) is 13.0. The number of para-hydroxylation sites is 1. The Bertz CT molecular complexity index is 980. The molecule has 1 N–H and O–H groups in total. The van der Waals surface area contributed by atoms with Gasteiger partial charge in [-0.05, 0) is 35.9 Å². The van der Waals surface area contributed by atoms with E-state index in [1.807, 2.05) is 0 Å². The lowest BCUT2D eigenvalue weighted by Gasteiger charge is -2.09. The van der Waals surface area contributed by atoms with Crippen LogP contribution in [0, 0.1) is 15.9 Å². The number of aromatic nitrogens is 1. The largest absolute Gasteiger partial charge is 0.453 e. The molecule has 0 radical (unpaired) electrons. The zero-order valence-corrected chi connectivity index (χ0v) is 14.0. The molecule has 0 saturated heterocycles. The number of hydrogen-bond donors (Lipinski definition) is 1. The number of pyridine rings is 1. The van der Waals surface area contributed by atoms with Gasteiger partial charge in [0.2, 0.25) is 0 Å². The molecule has 0 atom stereocenters.